The van der Waals surface area contributed by atoms with Crippen molar-refractivity contribution < 1.29 is 9.53 Å². The van der Waals surface area contributed by atoms with Gasteiger partial charge in [0.25, 0.3) is 0 Å². The molecule has 2 unspecified atom stereocenters. The number of hydrogen-bond acceptors (Lipinski definition) is 3. The van der Waals surface area contributed by atoms with E-state index in [4.69, 9.17) is 16.9 Å². The second kappa shape index (κ2) is 7.45. The Kier molecular flexibility index (Phi) is 5.91. The highest BCUT2D eigenvalue weighted by Gasteiger charge is 2.14. The van der Waals surface area contributed by atoms with Gasteiger partial charge >= 0.3 is 0 Å². The molecule has 3 N–H and O–H groups in total. The van der Waals surface area contributed by atoms with E-state index in [1.807, 2.05) is 38.1 Å². The first-order chi connectivity index (χ1) is 9.02. The third kappa shape index (κ3) is 5.45. The molecule has 0 aliphatic rings. The molecule has 0 aliphatic heterocycles. The molecule has 0 aromatic heterocycles. The first kappa shape index (κ1) is 15.1. The number of carbonyl (C=O) groups excluding carboxylic acids is 1. The fourth-order valence-corrected chi connectivity index (χ4v) is 1.47. The number of carbonyl (C=O) groups is 1. The SMILES string of the molecule is C#CCC(N)C(=O)NC(C)COc1ccc(C)cc1. The van der Waals surface area contributed by atoms with Gasteiger partial charge in [-0.05, 0) is 26.0 Å². The lowest BCUT2D eigenvalue weighted by Gasteiger charge is -2.17. The average Bonchev–Trinajstić information content (AvgIpc) is 2.38. The van der Waals surface area contributed by atoms with Crippen molar-refractivity contribution in [2.45, 2.75) is 32.4 Å². The van der Waals surface area contributed by atoms with E-state index < -0.39 is 6.04 Å². The van der Waals surface area contributed by atoms with E-state index in [1.165, 1.54) is 5.56 Å². The molecule has 0 saturated heterocycles. The minimum Gasteiger partial charge on any atom is -0.491 e. The number of rotatable bonds is 6. The molecule has 0 spiro atoms. The zero-order chi connectivity index (χ0) is 14.3. The molecule has 19 heavy (non-hydrogen) atoms. The van der Waals surface area contributed by atoms with Gasteiger partial charge in [-0.2, -0.15) is 0 Å². The molecular weight excluding hydrogens is 240 g/mol. The predicted molar refractivity (Wildman–Crippen MR) is 75.7 cm³/mol. The molecule has 0 saturated carbocycles. The standard InChI is InChI=1S/C15H20N2O2/c1-4-5-14(16)15(18)17-12(3)10-19-13-8-6-11(2)7-9-13/h1,6-9,12,14H,5,10,16H2,2-3H3,(H,17,18). The zero-order valence-electron chi connectivity index (χ0n) is 11.3. The van der Waals surface area contributed by atoms with Crippen molar-refractivity contribution in [1.82, 2.24) is 5.32 Å². The minimum atomic E-state index is -0.660. The summed E-state index contributed by atoms with van der Waals surface area (Å²) in [6.45, 7) is 4.26. The summed E-state index contributed by atoms with van der Waals surface area (Å²) in [6, 6.07) is 6.95. The van der Waals surface area contributed by atoms with Crippen LogP contribution in [0, 0.1) is 19.3 Å². The number of nitrogens with two attached hydrogens (primary N) is 1. The Balaban J connectivity index is 2.35. The van der Waals surface area contributed by atoms with Crippen molar-refractivity contribution in [2.24, 2.45) is 5.73 Å². The maximum atomic E-state index is 11.6. The second-order valence-electron chi connectivity index (χ2n) is 4.55. The van der Waals surface area contributed by atoms with Crippen LogP contribution >= 0.6 is 0 Å². The Morgan fingerprint density at radius 1 is 1.47 bits per heavy atom. The molecule has 2 atom stereocenters. The molecule has 1 rings (SSSR count). The van der Waals surface area contributed by atoms with Gasteiger partial charge in [0.1, 0.15) is 12.4 Å². The highest BCUT2D eigenvalue weighted by atomic mass is 16.5. The Morgan fingerprint density at radius 3 is 2.68 bits per heavy atom. The number of hydrogen-bond donors (Lipinski definition) is 2. The van der Waals surface area contributed by atoms with Crippen LogP contribution in [0.5, 0.6) is 5.75 Å². The van der Waals surface area contributed by atoms with Crippen molar-refractivity contribution in [2.75, 3.05) is 6.61 Å². The summed E-state index contributed by atoms with van der Waals surface area (Å²) in [5, 5.41) is 2.76. The summed E-state index contributed by atoms with van der Waals surface area (Å²) in [5.74, 6) is 2.89. The zero-order valence-corrected chi connectivity index (χ0v) is 11.3. The van der Waals surface area contributed by atoms with Gasteiger partial charge in [0.15, 0.2) is 0 Å². The molecule has 4 nitrogen and oxygen atoms in total. The van der Waals surface area contributed by atoms with Gasteiger partial charge in [0.2, 0.25) is 5.91 Å². The lowest BCUT2D eigenvalue weighted by Crippen LogP contribution is -2.46. The molecule has 102 valence electrons. The molecule has 4 heteroatoms. The molecule has 0 radical (unpaired) electrons. The third-order valence-electron chi connectivity index (χ3n) is 2.58. The highest BCUT2D eigenvalue weighted by molar-refractivity contribution is 5.82. The second-order valence-corrected chi connectivity index (χ2v) is 4.55. The average molecular weight is 260 g/mol. The van der Waals surface area contributed by atoms with Gasteiger partial charge in [0, 0.05) is 6.42 Å². The van der Waals surface area contributed by atoms with Crippen LogP contribution in [0.4, 0.5) is 0 Å². The summed E-state index contributed by atoms with van der Waals surface area (Å²) in [7, 11) is 0. The van der Waals surface area contributed by atoms with Crippen LogP contribution in [0.2, 0.25) is 0 Å². The van der Waals surface area contributed by atoms with E-state index in [2.05, 4.69) is 11.2 Å². The molecule has 0 heterocycles. The van der Waals surface area contributed by atoms with Crippen LogP contribution in [0.15, 0.2) is 24.3 Å². The highest BCUT2D eigenvalue weighted by Crippen LogP contribution is 2.11. The predicted octanol–water partition coefficient (Wildman–Crippen LogP) is 1.23. The Hall–Kier alpha value is -1.99. The van der Waals surface area contributed by atoms with Crippen molar-refractivity contribution in [3.05, 3.63) is 29.8 Å². The first-order valence-electron chi connectivity index (χ1n) is 6.22. The van der Waals surface area contributed by atoms with Gasteiger partial charge < -0.3 is 15.8 Å². The van der Waals surface area contributed by atoms with E-state index >= 15 is 0 Å². The van der Waals surface area contributed by atoms with Crippen molar-refractivity contribution in [3.8, 4) is 18.1 Å². The fraction of sp³-hybridized carbons (Fsp3) is 0.400. The topological polar surface area (TPSA) is 64.4 Å². The molecular formula is C15H20N2O2. The number of aryl methyl sites for hydroxylation is 1. The number of ether oxygens (including phenoxy) is 1. The normalized spacial score (nSPS) is 13.2. The number of amides is 1. The Morgan fingerprint density at radius 2 is 2.11 bits per heavy atom. The van der Waals surface area contributed by atoms with Crippen LogP contribution in [-0.2, 0) is 4.79 Å². The van der Waals surface area contributed by atoms with Crippen LogP contribution in [0.1, 0.15) is 18.9 Å². The van der Waals surface area contributed by atoms with E-state index in [9.17, 15) is 4.79 Å². The van der Waals surface area contributed by atoms with Gasteiger partial charge in [-0.1, -0.05) is 17.7 Å². The van der Waals surface area contributed by atoms with E-state index in [0.29, 0.717) is 6.61 Å². The summed E-state index contributed by atoms with van der Waals surface area (Å²) in [6.07, 6.45) is 5.34. The van der Waals surface area contributed by atoms with Gasteiger partial charge in [-0.15, -0.1) is 12.3 Å². The van der Waals surface area contributed by atoms with E-state index in [-0.39, 0.29) is 18.4 Å². The summed E-state index contributed by atoms with van der Waals surface area (Å²) in [4.78, 5) is 11.6. The van der Waals surface area contributed by atoms with E-state index in [0.717, 1.165) is 5.75 Å². The van der Waals surface area contributed by atoms with E-state index in [1.54, 1.807) is 0 Å². The maximum absolute atomic E-state index is 11.6. The van der Waals surface area contributed by atoms with Gasteiger partial charge in [0.05, 0.1) is 12.1 Å². The minimum absolute atomic E-state index is 0.127. The molecule has 1 amide bonds. The summed E-state index contributed by atoms with van der Waals surface area (Å²) in [5.41, 5.74) is 6.78. The lowest BCUT2D eigenvalue weighted by molar-refractivity contribution is -0.123. The van der Waals surface area contributed by atoms with Crippen LogP contribution in [-0.4, -0.2) is 24.6 Å². The molecule has 0 aliphatic carbocycles. The Bertz CT molecular complexity index is 448. The molecule has 1 aromatic rings. The Labute approximate surface area is 114 Å². The van der Waals surface area contributed by atoms with Gasteiger partial charge in [-0.3, -0.25) is 4.79 Å². The summed E-state index contributed by atoms with van der Waals surface area (Å²) < 4.78 is 5.57. The fourth-order valence-electron chi connectivity index (χ4n) is 1.47. The lowest BCUT2D eigenvalue weighted by atomic mass is 10.2. The first-order valence-corrected chi connectivity index (χ1v) is 6.22. The van der Waals surface area contributed by atoms with Crippen LogP contribution in [0.3, 0.4) is 0 Å². The summed E-state index contributed by atoms with van der Waals surface area (Å²) >= 11 is 0. The van der Waals surface area contributed by atoms with Gasteiger partial charge in [-0.25, -0.2) is 0 Å². The van der Waals surface area contributed by atoms with Crippen molar-refractivity contribution in [1.29, 1.82) is 0 Å². The molecule has 1 aromatic carbocycles. The van der Waals surface area contributed by atoms with Crippen molar-refractivity contribution in [3.63, 3.8) is 0 Å². The number of benzene rings is 1. The molecule has 0 fully saturated rings. The maximum Gasteiger partial charge on any atom is 0.238 e. The number of terminal acetylenes is 1. The quantitative estimate of drug-likeness (QED) is 0.756. The number of nitrogens with one attached hydrogen (secondary N) is 1. The smallest absolute Gasteiger partial charge is 0.238 e. The van der Waals surface area contributed by atoms with Crippen LogP contribution in [0.25, 0.3) is 0 Å². The molecule has 0 bridgehead atoms. The van der Waals surface area contributed by atoms with Crippen molar-refractivity contribution >= 4 is 5.91 Å². The third-order valence-corrected chi connectivity index (χ3v) is 2.58. The largest absolute Gasteiger partial charge is 0.491 e. The van der Waals surface area contributed by atoms with Crippen LogP contribution < -0.4 is 15.8 Å². The monoisotopic (exact) mass is 260 g/mol.